The molecule has 3 aromatic rings. The molecule has 0 aliphatic rings. The summed E-state index contributed by atoms with van der Waals surface area (Å²) < 4.78 is 5.77. The van der Waals surface area contributed by atoms with Gasteiger partial charge >= 0.3 is 0 Å². The molecule has 5 N–H and O–H groups in total. The molecule has 0 aliphatic heterocycles. The SMILES string of the molecule is OCc1cc([C@@H](O)CNCCc2cccc(COCCc3ccccc3O)c2)ccc1O. The zero-order chi connectivity index (χ0) is 22.8. The van der Waals surface area contributed by atoms with Crippen LogP contribution in [0.3, 0.4) is 0 Å². The molecule has 0 aromatic heterocycles. The molecule has 170 valence electrons. The molecule has 6 nitrogen and oxygen atoms in total. The fourth-order valence-corrected chi connectivity index (χ4v) is 3.50. The highest BCUT2D eigenvalue weighted by Crippen LogP contribution is 2.22. The fraction of sp³-hybridized carbons (Fsp3) is 0.308. The van der Waals surface area contributed by atoms with Gasteiger partial charge in [-0.25, -0.2) is 0 Å². The van der Waals surface area contributed by atoms with Gasteiger partial charge in [0.05, 0.1) is 25.9 Å². The second kappa shape index (κ2) is 12.2. The fourth-order valence-electron chi connectivity index (χ4n) is 3.50. The molecular formula is C26H31NO5. The molecule has 0 fully saturated rings. The first-order chi connectivity index (χ1) is 15.6. The quantitative estimate of drug-likeness (QED) is 0.279. The third-order valence-corrected chi connectivity index (χ3v) is 5.35. The van der Waals surface area contributed by atoms with E-state index in [-0.39, 0.29) is 12.4 Å². The van der Waals surface area contributed by atoms with Crippen LogP contribution < -0.4 is 5.32 Å². The van der Waals surface area contributed by atoms with Gasteiger partial charge < -0.3 is 30.5 Å². The first-order valence-electron chi connectivity index (χ1n) is 10.8. The number of hydrogen-bond donors (Lipinski definition) is 5. The van der Waals surface area contributed by atoms with Gasteiger partial charge in [0.25, 0.3) is 0 Å². The van der Waals surface area contributed by atoms with E-state index in [2.05, 4.69) is 17.4 Å². The lowest BCUT2D eigenvalue weighted by Crippen LogP contribution is -2.23. The number of rotatable bonds is 12. The van der Waals surface area contributed by atoms with E-state index in [1.165, 1.54) is 11.6 Å². The van der Waals surface area contributed by atoms with E-state index in [0.717, 1.165) is 17.5 Å². The Morgan fingerprint density at radius 1 is 0.812 bits per heavy atom. The van der Waals surface area contributed by atoms with Gasteiger partial charge in [-0.2, -0.15) is 0 Å². The molecule has 0 heterocycles. The van der Waals surface area contributed by atoms with Crippen molar-refractivity contribution in [1.82, 2.24) is 5.32 Å². The molecule has 0 bridgehead atoms. The van der Waals surface area contributed by atoms with E-state index in [9.17, 15) is 20.4 Å². The number of aliphatic hydroxyl groups is 2. The zero-order valence-electron chi connectivity index (χ0n) is 18.1. The molecular weight excluding hydrogens is 406 g/mol. The van der Waals surface area contributed by atoms with Gasteiger partial charge in [-0.05, 0) is 59.8 Å². The molecule has 32 heavy (non-hydrogen) atoms. The highest BCUT2D eigenvalue weighted by Gasteiger charge is 2.10. The van der Waals surface area contributed by atoms with Crippen molar-refractivity contribution in [2.45, 2.75) is 32.2 Å². The third-order valence-electron chi connectivity index (χ3n) is 5.35. The average molecular weight is 438 g/mol. The monoisotopic (exact) mass is 437 g/mol. The summed E-state index contributed by atoms with van der Waals surface area (Å²) in [5.74, 6) is 0.327. The summed E-state index contributed by atoms with van der Waals surface area (Å²) in [6.45, 7) is 1.87. The summed E-state index contributed by atoms with van der Waals surface area (Å²) in [4.78, 5) is 0. The molecule has 0 unspecified atom stereocenters. The molecule has 6 heteroatoms. The molecule has 0 radical (unpaired) electrons. The van der Waals surface area contributed by atoms with Gasteiger partial charge in [-0.3, -0.25) is 0 Å². The van der Waals surface area contributed by atoms with Crippen LogP contribution in [0.4, 0.5) is 0 Å². The number of para-hydroxylation sites is 1. The Balaban J connectivity index is 1.38. The average Bonchev–Trinajstić information content (AvgIpc) is 2.81. The van der Waals surface area contributed by atoms with Crippen LogP contribution in [-0.2, 0) is 30.8 Å². The van der Waals surface area contributed by atoms with Crippen LogP contribution in [0.2, 0.25) is 0 Å². The largest absolute Gasteiger partial charge is 0.508 e. The molecule has 3 aromatic carbocycles. The topological polar surface area (TPSA) is 102 Å². The first kappa shape index (κ1) is 23.8. The summed E-state index contributed by atoms with van der Waals surface area (Å²) in [5, 5.41) is 42.3. The molecule has 1 atom stereocenters. The van der Waals surface area contributed by atoms with Crippen LogP contribution in [0, 0.1) is 0 Å². The van der Waals surface area contributed by atoms with E-state index < -0.39 is 6.10 Å². The minimum absolute atomic E-state index is 0.0264. The van der Waals surface area contributed by atoms with Gasteiger partial charge in [-0.15, -0.1) is 0 Å². The lowest BCUT2D eigenvalue weighted by Gasteiger charge is -2.14. The van der Waals surface area contributed by atoms with E-state index in [0.29, 0.717) is 49.6 Å². The van der Waals surface area contributed by atoms with Crippen molar-refractivity contribution >= 4 is 0 Å². The Morgan fingerprint density at radius 3 is 2.41 bits per heavy atom. The molecule has 0 aliphatic carbocycles. The summed E-state index contributed by atoms with van der Waals surface area (Å²) in [6, 6.07) is 20.3. The summed E-state index contributed by atoms with van der Waals surface area (Å²) in [7, 11) is 0. The van der Waals surface area contributed by atoms with E-state index in [1.54, 1.807) is 24.3 Å². The zero-order valence-corrected chi connectivity index (χ0v) is 18.1. The Bertz CT molecular complexity index is 991. The van der Waals surface area contributed by atoms with Gasteiger partial charge in [0.1, 0.15) is 11.5 Å². The van der Waals surface area contributed by atoms with Crippen molar-refractivity contribution in [2.75, 3.05) is 19.7 Å². The summed E-state index contributed by atoms with van der Waals surface area (Å²) >= 11 is 0. The van der Waals surface area contributed by atoms with Gasteiger partial charge in [0.2, 0.25) is 0 Å². The van der Waals surface area contributed by atoms with Crippen LogP contribution in [0.15, 0.2) is 66.7 Å². The van der Waals surface area contributed by atoms with Gasteiger partial charge in [0, 0.05) is 12.1 Å². The number of nitrogens with one attached hydrogen (secondary N) is 1. The molecule has 0 saturated carbocycles. The van der Waals surface area contributed by atoms with E-state index in [4.69, 9.17) is 4.74 Å². The van der Waals surface area contributed by atoms with Crippen LogP contribution >= 0.6 is 0 Å². The highest BCUT2D eigenvalue weighted by atomic mass is 16.5. The van der Waals surface area contributed by atoms with Crippen LogP contribution in [0.1, 0.15) is 33.9 Å². The second-order valence-electron chi connectivity index (χ2n) is 7.77. The molecule has 0 spiro atoms. The maximum Gasteiger partial charge on any atom is 0.121 e. The van der Waals surface area contributed by atoms with Crippen molar-refractivity contribution in [3.05, 3.63) is 94.5 Å². The molecule has 0 saturated heterocycles. The smallest absolute Gasteiger partial charge is 0.121 e. The lowest BCUT2D eigenvalue weighted by molar-refractivity contribution is 0.123. The van der Waals surface area contributed by atoms with Gasteiger partial charge in [-0.1, -0.05) is 48.5 Å². The normalized spacial score (nSPS) is 12.1. The van der Waals surface area contributed by atoms with Crippen LogP contribution in [0.5, 0.6) is 11.5 Å². The van der Waals surface area contributed by atoms with Crippen molar-refractivity contribution in [3.63, 3.8) is 0 Å². The number of benzene rings is 3. The first-order valence-corrected chi connectivity index (χ1v) is 10.8. The number of hydrogen-bond acceptors (Lipinski definition) is 6. The summed E-state index contributed by atoms with van der Waals surface area (Å²) in [6.07, 6.45) is 0.764. The van der Waals surface area contributed by atoms with Crippen molar-refractivity contribution in [2.24, 2.45) is 0 Å². The molecule has 0 amide bonds. The number of aromatic hydroxyl groups is 2. The minimum Gasteiger partial charge on any atom is -0.508 e. The standard InChI is InChI=1S/C26H31NO5/c28-17-23-15-22(8-9-25(23)30)26(31)16-27-12-10-19-4-3-5-20(14-19)18-32-13-11-21-6-1-2-7-24(21)29/h1-9,14-15,26-31H,10-13,16-18H2/t26-/m0/s1. The lowest BCUT2D eigenvalue weighted by atomic mass is 10.0. The van der Waals surface area contributed by atoms with Crippen molar-refractivity contribution < 1.29 is 25.2 Å². The Morgan fingerprint density at radius 2 is 1.59 bits per heavy atom. The number of phenols is 2. The van der Waals surface area contributed by atoms with Crippen molar-refractivity contribution in [3.8, 4) is 11.5 Å². The predicted molar refractivity (Wildman–Crippen MR) is 123 cm³/mol. The Kier molecular flexibility index (Phi) is 9.07. The highest BCUT2D eigenvalue weighted by molar-refractivity contribution is 5.36. The van der Waals surface area contributed by atoms with Crippen LogP contribution in [0.25, 0.3) is 0 Å². The Labute approximate surface area is 188 Å². The minimum atomic E-state index is -0.718. The van der Waals surface area contributed by atoms with E-state index >= 15 is 0 Å². The number of aliphatic hydroxyl groups excluding tert-OH is 2. The van der Waals surface area contributed by atoms with Gasteiger partial charge in [0.15, 0.2) is 0 Å². The van der Waals surface area contributed by atoms with Crippen molar-refractivity contribution in [1.29, 1.82) is 0 Å². The van der Waals surface area contributed by atoms with Crippen LogP contribution in [-0.4, -0.2) is 40.1 Å². The predicted octanol–water partition coefficient (Wildman–Crippen LogP) is 3.22. The molecule has 3 rings (SSSR count). The van der Waals surface area contributed by atoms with E-state index in [1.807, 2.05) is 24.3 Å². The number of phenolic OH excluding ortho intramolecular Hbond substituents is 1. The third kappa shape index (κ3) is 7.07. The Hall–Kier alpha value is -2.90. The second-order valence-corrected chi connectivity index (χ2v) is 7.77. The maximum absolute atomic E-state index is 10.3. The number of ether oxygens (including phenoxy) is 1. The maximum atomic E-state index is 10.3. The summed E-state index contributed by atoms with van der Waals surface area (Å²) in [5.41, 5.74) is 4.22.